The molecule has 0 aromatic carbocycles. The highest BCUT2D eigenvalue weighted by Gasteiger charge is 2.23. The number of nitrogens with zero attached hydrogens (tertiary/aromatic N) is 2. The fourth-order valence-corrected chi connectivity index (χ4v) is 3.48. The minimum Gasteiger partial charge on any atom is -0.316 e. The van der Waals surface area contributed by atoms with Crippen LogP contribution in [-0.2, 0) is 10.8 Å². The zero-order valence-electron chi connectivity index (χ0n) is 10.3. The minimum absolute atomic E-state index is 0. The van der Waals surface area contributed by atoms with Crippen LogP contribution in [0.3, 0.4) is 0 Å². The second-order valence-electron chi connectivity index (χ2n) is 4.31. The van der Waals surface area contributed by atoms with E-state index in [2.05, 4.69) is 10.3 Å². The summed E-state index contributed by atoms with van der Waals surface area (Å²) in [6.07, 6.45) is 3.52. The van der Waals surface area contributed by atoms with Gasteiger partial charge in [-0.2, -0.15) is 0 Å². The summed E-state index contributed by atoms with van der Waals surface area (Å²) in [6, 6.07) is 2.83. The number of nitro groups is 1. The number of piperidine rings is 1. The van der Waals surface area contributed by atoms with E-state index in [-0.39, 0.29) is 23.1 Å². The summed E-state index contributed by atoms with van der Waals surface area (Å²) in [5.74, 6) is 0.742. The second kappa shape index (κ2) is 7.52. The average Bonchev–Trinajstić information content (AvgIpc) is 2.40. The molecule has 6 nitrogen and oxygen atoms in total. The summed E-state index contributed by atoms with van der Waals surface area (Å²) >= 11 is 0. The molecule has 0 spiro atoms. The summed E-state index contributed by atoms with van der Waals surface area (Å²) in [5, 5.41) is 14.2. The quantitative estimate of drug-likeness (QED) is 0.673. The van der Waals surface area contributed by atoms with Gasteiger partial charge in [0.25, 0.3) is 0 Å². The molecule has 1 aliphatic heterocycles. The highest BCUT2D eigenvalue weighted by Crippen LogP contribution is 2.21. The number of pyridine rings is 1. The third-order valence-corrected chi connectivity index (χ3v) is 4.47. The van der Waals surface area contributed by atoms with Crippen LogP contribution in [0.25, 0.3) is 0 Å². The maximum Gasteiger partial charge on any atom is 0.303 e. The van der Waals surface area contributed by atoms with Crippen molar-refractivity contribution in [3.63, 3.8) is 0 Å². The van der Waals surface area contributed by atoms with E-state index in [1.807, 2.05) is 0 Å². The molecule has 1 saturated heterocycles. The first-order valence-corrected chi connectivity index (χ1v) is 7.19. The summed E-state index contributed by atoms with van der Waals surface area (Å²) in [6.45, 7) is 1.82. The average molecular weight is 306 g/mol. The third-order valence-electron chi connectivity index (χ3n) is 2.95. The topological polar surface area (TPSA) is 85.1 Å². The van der Waals surface area contributed by atoms with Crippen molar-refractivity contribution >= 4 is 28.9 Å². The lowest BCUT2D eigenvalue weighted by atomic mass is 10.0. The van der Waals surface area contributed by atoms with Gasteiger partial charge in [0.05, 0.1) is 15.7 Å². The van der Waals surface area contributed by atoms with E-state index in [0.717, 1.165) is 25.9 Å². The summed E-state index contributed by atoms with van der Waals surface area (Å²) < 4.78 is 12.2. The largest absolute Gasteiger partial charge is 0.316 e. The lowest BCUT2D eigenvalue weighted by Gasteiger charge is -2.21. The normalized spacial score (nSPS) is 20.3. The Balaban J connectivity index is 0.00000180. The van der Waals surface area contributed by atoms with Crippen LogP contribution in [0.15, 0.2) is 23.4 Å². The molecule has 0 saturated carbocycles. The van der Waals surface area contributed by atoms with E-state index >= 15 is 0 Å². The molecule has 2 heterocycles. The van der Waals surface area contributed by atoms with Crippen molar-refractivity contribution in [3.05, 3.63) is 28.4 Å². The summed E-state index contributed by atoms with van der Waals surface area (Å²) in [5.41, 5.74) is -0.153. The van der Waals surface area contributed by atoms with E-state index in [4.69, 9.17) is 0 Å². The molecule has 1 aromatic heterocycles. The van der Waals surface area contributed by atoms with Crippen molar-refractivity contribution in [3.8, 4) is 0 Å². The van der Waals surface area contributed by atoms with Crippen LogP contribution in [0.1, 0.15) is 12.8 Å². The molecule has 19 heavy (non-hydrogen) atoms. The molecular weight excluding hydrogens is 290 g/mol. The molecule has 1 fully saturated rings. The van der Waals surface area contributed by atoms with Gasteiger partial charge >= 0.3 is 5.69 Å². The van der Waals surface area contributed by atoms with Crippen LogP contribution in [0.4, 0.5) is 5.69 Å². The molecule has 8 heteroatoms. The Hall–Kier alpha value is -1.05. The van der Waals surface area contributed by atoms with Crippen LogP contribution in [0.5, 0.6) is 0 Å². The first-order valence-electron chi connectivity index (χ1n) is 5.87. The predicted molar refractivity (Wildman–Crippen MR) is 75.0 cm³/mol. The van der Waals surface area contributed by atoms with Gasteiger partial charge in [0.15, 0.2) is 0 Å². The molecule has 0 amide bonds. The summed E-state index contributed by atoms with van der Waals surface area (Å²) in [7, 11) is -1.41. The maximum atomic E-state index is 12.2. The fraction of sp³-hybridized carbons (Fsp3) is 0.545. The van der Waals surface area contributed by atoms with Crippen molar-refractivity contribution in [2.45, 2.75) is 17.9 Å². The number of rotatable bonds is 4. The van der Waals surface area contributed by atoms with E-state index in [9.17, 15) is 14.3 Å². The molecule has 1 N–H and O–H groups in total. The monoisotopic (exact) mass is 305 g/mol. The Morgan fingerprint density at radius 1 is 1.58 bits per heavy atom. The first kappa shape index (κ1) is 16.0. The molecular formula is C11H16ClN3O3S. The van der Waals surface area contributed by atoms with Crippen LogP contribution in [0, 0.1) is 16.0 Å². The van der Waals surface area contributed by atoms with Gasteiger partial charge in [0.1, 0.15) is 0 Å². The lowest BCUT2D eigenvalue weighted by molar-refractivity contribution is -0.388. The molecule has 0 aliphatic carbocycles. The summed E-state index contributed by atoms with van der Waals surface area (Å²) in [4.78, 5) is 14.2. The van der Waals surface area contributed by atoms with Crippen molar-refractivity contribution in [1.82, 2.24) is 10.3 Å². The number of nitrogens with one attached hydrogen (secondary N) is 1. The SMILES string of the molecule is Cl.O=[N+]([O-])c1cccnc1S(=O)CC1CCCNC1. The van der Waals surface area contributed by atoms with E-state index in [1.54, 1.807) is 0 Å². The Kier molecular flexibility index (Phi) is 6.33. The zero-order chi connectivity index (χ0) is 13.0. The number of halogens is 1. The van der Waals surface area contributed by atoms with Gasteiger partial charge in [-0.25, -0.2) is 4.98 Å². The zero-order valence-corrected chi connectivity index (χ0v) is 11.9. The number of aromatic nitrogens is 1. The van der Waals surface area contributed by atoms with Gasteiger partial charge in [-0.15, -0.1) is 12.4 Å². The smallest absolute Gasteiger partial charge is 0.303 e. The molecule has 2 atom stereocenters. The Morgan fingerprint density at radius 2 is 2.37 bits per heavy atom. The van der Waals surface area contributed by atoms with Gasteiger partial charge in [0, 0.05) is 18.0 Å². The molecule has 1 aliphatic rings. The number of hydrogen-bond acceptors (Lipinski definition) is 5. The van der Waals surface area contributed by atoms with E-state index < -0.39 is 15.7 Å². The van der Waals surface area contributed by atoms with Gasteiger partial charge in [-0.3, -0.25) is 14.3 Å². The molecule has 2 unspecified atom stereocenters. The first-order chi connectivity index (χ1) is 8.68. The van der Waals surface area contributed by atoms with Crippen molar-refractivity contribution in [1.29, 1.82) is 0 Å². The Labute approximate surface area is 120 Å². The third kappa shape index (κ3) is 4.22. The van der Waals surface area contributed by atoms with Crippen LogP contribution >= 0.6 is 12.4 Å². The second-order valence-corrected chi connectivity index (χ2v) is 5.72. The highest BCUT2D eigenvalue weighted by molar-refractivity contribution is 7.85. The van der Waals surface area contributed by atoms with Crippen LogP contribution < -0.4 is 5.32 Å². The molecule has 1 aromatic rings. The van der Waals surface area contributed by atoms with Crippen LogP contribution in [0.2, 0.25) is 0 Å². The van der Waals surface area contributed by atoms with Gasteiger partial charge in [0.2, 0.25) is 5.03 Å². The molecule has 0 radical (unpaired) electrons. The van der Waals surface area contributed by atoms with Crippen molar-refractivity contribution in [2.24, 2.45) is 5.92 Å². The van der Waals surface area contributed by atoms with E-state index in [0.29, 0.717) is 11.7 Å². The van der Waals surface area contributed by atoms with Gasteiger partial charge in [-0.1, -0.05) is 0 Å². The van der Waals surface area contributed by atoms with Gasteiger partial charge in [-0.05, 0) is 37.9 Å². The van der Waals surface area contributed by atoms with Gasteiger partial charge < -0.3 is 5.32 Å². The minimum atomic E-state index is -1.41. The lowest BCUT2D eigenvalue weighted by Crippen LogP contribution is -2.32. The standard InChI is InChI=1S/C11H15N3O3S.ClH/c15-14(16)10-4-2-6-13-11(10)18(17)8-9-3-1-5-12-7-9;/h2,4,6,9,12H,1,3,5,7-8H2;1H. The number of hydrogen-bond donors (Lipinski definition) is 1. The Morgan fingerprint density at radius 3 is 3.00 bits per heavy atom. The fourth-order valence-electron chi connectivity index (χ4n) is 2.06. The molecule has 2 rings (SSSR count). The van der Waals surface area contributed by atoms with Crippen molar-refractivity contribution in [2.75, 3.05) is 18.8 Å². The maximum absolute atomic E-state index is 12.2. The van der Waals surface area contributed by atoms with Crippen LogP contribution in [-0.4, -0.2) is 33.0 Å². The predicted octanol–water partition coefficient (Wildman–Crippen LogP) is 1.52. The van der Waals surface area contributed by atoms with Crippen molar-refractivity contribution < 1.29 is 9.13 Å². The van der Waals surface area contributed by atoms with E-state index in [1.165, 1.54) is 18.3 Å². The molecule has 106 valence electrons. The molecule has 0 bridgehead atoms. The highest BCUT2D eigenvalue weighted by atomic mass is 35.5. The Bertz CT molecular complexity index is 466.